The molecule has 0 aromatic heterocycles. The van der Waals surface area contributed by atoms with Crippen LogP contribution in [0.2, 0.25) is 0 Å². The maximum absolute atomic E-state index is 2.38. The monoisotopic (exact) mass is 394 g/mol. The van der Waals surface area contributed by atoms with Gasteiger partial charge in [0.1, 0.15) is 0 Å². The first-order valence-electron chi connectivity index (χ1n) is 10.3. The lowest BCUT2D eigenvalue weighted by molar-refractivity contribution is 0.839. The average Bonchev–Trinajstić information content (AvgIpc) is 3.05. The van der Waals surface area contributed by atoms with Gasteiger partial charge in [-0.05, 0) is 59.4 Å². The van der Waals surface area contributed by atoms with Crippen molar-refractivity contribution in [3.05, 3.63) is 108 Å². The van der Waals surface area contributed by atoms with Gasteiger partial charge in [0.2, 0.25) is 0 Å². The van der Waals surface area contributed by atoms with E-state index in [0.717, 1.165) is 0 Å². The van der Waals surface area contributed by atoms with Crippen molar-refractivity contribution in [2.24, 2.45) is 0 Å². The van der Waals surface area contributed by atoms with Crippen LogP contribution in [-0.4, -0.2) is 0 Å². The second-order valence-electron chi connectivity index (χ2n) is 8.06. The molecule has 0 bridgehead atoms. The van der Waals surface area contributed by atoms with E-state index in [1.54, 1.807) is 0 Å². The van der Waals surface area contributed by atoms with Gasteiger partial charge in [-0.1, -0.05) is 86.6 Å². The number of benzene rings is 4. The molecule has 0 saturated heterocycles. The minimum absolute atomic E-state index is 0.472. The summed E-state index contributed by atoms with van der Waals surface area (Å²) in [5.41, 5.74) is 5.60. The first kappa shape index (κ1) is 18.3. The maximum Gasteiger partial charge on any atom is 0.0102 e. The molecule has 1 heteroatoms. The summed E-state index contributed by atoms with van der Waals surface area (Å²) in [5.74, 6) is 0.472. The Labute approximate surface area is 175 Å². The maximum atomic E-state index is 2.38. The molecule has 0 radical (unpaired) electrons. The summed E-state index contributed by atoms with van der Waals surface area (Å²) in [7, 11) is -1.54. The van der Waals surface area contributed by atoms with Gasteiger partial charge in [0, 0.05) is 19.6 Å². The summed E-state index contributed by atoms with van der Waals surface area (Å²) in [6.45, 7) is 6.90. The zero-order chi connectivity index (χ0) is 20.0. The normalized spacial score (nSPS) is 15.0. The molecule has 1 heterocycles. The molecule has 0 aliphatic carbocycles. The third kappa shape index (κ3) is 2.54. The molecule has 0 unspecified atom stereocenters. The van der Waals surface area contributed by atoms with Crippen molar-refractivity contribution >= 4 is 10.0 Å². The summed E-state index contributed by atoms with van der Waals surface area (Å²) in [4.78, 5) is 5.90. The lowest BCUT2D eigenvalue weighted by atomic mass is 10.0. The highest BCUT2D eigenvalue weighted by Gasteiger charge is 2.43. The first-order valence-corrected chi connectivity index (χ1v) is 12.0. The Bertz CT molecular complexity index is 1160. The Balaban J connectivity index is 2.02. The van der Waals surface area contributed by atoms with Gasteiger partial charge in [-0.25, -0.2) is 0 Å². The lowest BCUT2D eigenvalue weighted by Gasteiger charge is -2.42. The van der Waals surface area contributed by atoms with Crippen LogP contribution in [0.25, 0.3) is 11.1 Å². The third-order valence-electron chi connectivity index (χ3n) is 6.02. The van der Waals surface area contributed by atoms with E-state index in [2.05, 4.69) is 118 Å². The van der Waals surface area contributed by atoms with E-state index >= 15 is 0 Å². The highest BCUT2D eigenvalue weighted by atomic mass is 32.3. The van der Waals surface area contributed by atoms with E-state index in [0.29, 0.717) is 5.92 Å². The largest absolute Gasteiger partial charge is 0.131 e. The van der Waals surface area contributed by atoms with Crippen molar-refractivity contribution in [2.45, 2.75) is 46.3 Å². The van der Waals surface area contributed by atoms with E-state index in [4.69, 9.17) is 0 Å². The fraction of sp³-hybridized carbons (Fsp3) is 0.143. The molecule has 0 atom stereocenters. The molecule has 0 fully saturated rings. The van der Waals surface area contributed by atoms with Crippen molar-refractivity contribution in [2.75, 3.05) is 0 Å². The molecule has 1 aliphatic rings. The second-order valence-corrected chi connectivity index (χ2v) is 11.0. The lowest BCUT2D eigenvalue weighted by Crippen LogP contribution is -2.07. The van der Waals surface area contributed by atoms with Crippen LogP contribution in [0.1, 0.15) is 30.9 Å². The summed E-state index contributed by atoms with van der Waals surface area (Å²) >= 11 is 0. The van der Waals surface area contributed by atoms with E-state index in [1.165, 1.54) is 41.8 Å². The molecular formula is C28H26S. The molecule has 0 saturated carbocycles. The molecule has 0 nitrogen and oxygen atoms in total. The van der Waals surface area contributed by atoms with E-state index in [-0.39, 0.29) is 0 Å². The molecule has 0 N–H and O–H groups in total. The van der Waals surface area contributed by atoms with Gasteiger partial charge >= 0.3 is 0 Å². The molecule has 1 aliphatic heterocycles. The van der Waals surface area contributed by atoms with Gasteiger partial charge in [0.05, 0.1) is 0 Å². The van der Waals surface area contributed by atoms with Gasteiger partial charge in [0.25, 0.3) is 0 Å². The van der Waals surface area contributed by atoms with Crippen molar-refractivity contribution in [1.82, 2.24) is 0 Å². The van der Waals surface area contributed by atoms with Gasteiger partial charge in [-0.15, -0.1) is 10.0 Å². The summed E-state index contributed by atoms with van der Waals surface area (Å²) in [6.07, 6.45) is 0. The van der Waals surface area contributed by atoms with Gasteiger partial charge < -0.3 is 0 Å². The first-order chi connectivity index (χ1) is 14.2. The molecule has 5 rings (SSSR count). The van der Waals surface area contributed by atoms with E-state index in [1.807, 2.05) is 0 Å². The van der Waals surface area contributed by atoms with Crippen molar-refractivity contribution in [1.29, 1.82) is 0 Å². The Morgan fingerprint density at radius 1 is 0.517 bits per heavy atom. The molecule has 0 amide bonds. The molecule has 29 heavy (non-hydrogen) atoms. The molecule has 0 spiro atoms. The van der Waals surface area contributed by atoms with Crippen LogP contribution in [0.15, 0.2) is 117 Å². The number of fused-ring (bicyclic) bond motifs is 3. The van der Waals surface area contributed by atoms with Crippen LogP contribution < -0.4 is 0 Å². The zero-order valence-corrected chi connectivity index (χ0v) is 18.0. The Morgan fingerprint density at radius 3 is 1.52 bits per heavy atom. The zero-order valence-electron chi connectivity index (χ0n) is 17.2. The van der Waals surface area contributed by atoms with Crippen molar-refractivity contribution < 1.29 is 0 Å². The van der Waals surface area contributed by atoms with Gasteiger partial charge in [-0.3, -0.25) is 0 Å². The van der Waals surface area contributed by atoms with Crippen LogP contribution in [0.4, 0.5) is 0 Å². The number of hydrogen-bond acceptors (Lipinski definition) is 0. The van der Waals surface area contributed by atoms with Crippen LogP contribution in [0.3, 0.4) is 0 Å². The predicted octanol–water partition coefficient (Wildman–Crippen LogP) is 8.44. The molecule has 4 aromatic carbocycles. The van der Waals surface area contributed by atoms with Crippen LogP contribution in [0.5, 0.6) is 0 Å². The van der Waals surface area contributed by atoms with Crippen LogP contribution in [-0.2, 0) is 0 Å². The fourth-order valence-electron chi connectivity index (χ4n) is 4.76. The summed E-state index contributed by atoms with van der Waals surface area (Å²) in [5, 5.41) is 0. The summed E-state index contributed by atoms with van der Waals surface area (Å²) < 4.78 is 0. The minimum atomic E-state index is -1.54. The number of rotatable bonds is 3. The third-order valence-corrected chi connectivity index (χ3v) is 10.2. The fourth-order valence-corrected chi connectivity index (χ4v) is 9.54. The Kier molecular flexibility index (Phi) is 4.37. The average molecular weight is 395 g/mol. The predicted molar refractivity (Wildman–Crippen MR) is 124 cm³/mol. The quantitative estimate of drug-likeness (QED) is 0.288. The molecule has 144 valence electrons. The van der Waals surface area contributed by atoms with Crippen molar-refractivity contribution in [3.63, 3.8) is 0 Å². The van der Waals surface area contributed by atoms with Crippen LogP contribution in [0, 0.1) is 6.92 Å². The minimum Gasteiger partial charge on any atom is -0.131 e. The highest BCUT2D eigenvalue weighted by molar-refractivity contribution is 8.34. The van der Waals surface area contributed by atoms with Gasteiger partial charge in [0.15, 0.2) is 0 Å². The SMILES string of the molecule is Cc1ccccc1S1(c2ccccc2C(C)C)c2ccccc2-c2ccccc21. The Hall–Kier alpha value is -2.77. The van der Waals surface area contributed by atoms with E-state index in [9.17, 15) is 0 Å². The van der Waals surface area contributed by atoms with Gasteiger partial charge in [-0.2, -0.15) is 0 Å². The number of hydrogen-bond donors (Lipinski definition) is 0. The van der Waals surface area contributed by atoms with Crippen molar-refractivity contribution in [3.8, 4) is 11.1 Å². The smallest absolute Gasteiger partial charge is 0.0102 e. The van der Waals surface area contributed by atoms with E-state index < -0.39 is 10.0 Å². The standard InChI is InChI=1S/C28H26S/c1-20(2)22-13-5-9-17-26(22)29(25-16-8-4-12-21(25)3)27-18-10-6-14-23(27)24-15-7-11-19-28(24)29/h4-20H,1-3H3. The Morgan fingerprint density at radius 2 is 0.966 bits per heavy atom. The molecule has 4 aromatic rings. The highest BCUT2D eigenvalue weighted by Crippen LogP contribution is 2.81. The summed E-state index contributed by atoms with van der Waals surface area (Å²) in [6, 6.07) is 36.2. The topological polar surface area (TPSA) is 0 Å². The molecular weight excluding hydrogens is 368 g/mol. The second kappa shape index (κ2) is 6.93. The number of aryl methyl sites for hydroxylation is 1. The van der Waals surface area contributed by atoms with Crippen LogP contribution >= 0.6 is 10.0 Å².